The predicted molar refractivity (Wildman–Crippen MR) is 84.1 cm³/mol. The van der Waals surface area contributed by atoms with E-state index in [4.69, 9.17) is 0 Å². The number of H-pyrrole nitrogens is 1. The third-order valence-electron chi connectivity index (χ3n) is 4.25. The van der Waals surface area contributed by atoms with E-state index in [0.29, 0.717) is 6.04 Å². The molecule has 20 heavy (non-hydrogen) atoms. The van der Waals surface area contributed by atoms with Crippen molar-refractivity contribution < 1.29 is 0 Å². The molecule has 1 aliphatic carbocycles. The molecule has 3 heteroatoms. The first-order chi connectivity index (χ1) is 9.81. The highest BCUT2D eigenvalue weighted by molar-refractivity contribution is 5.26. The summed E-state index contributed by atoms with van der Waals surface area (Å²) in [5.74, 6) is 0. The lowest BCUT2D eigenvalue weighted by molar-refractivity contribution is 0.443. The molecule has 1 heterocycles. The van der Waals surface area contributed by atoms with Crippen molar-refractivity contribution in [2.45, 2.75) is 70.8 Å². The highest BCUT2D eigenvalue weighted by Gasteiger charge is 2.19. The summed E-state index contributed by atoms with van der Waals surface area (Å²) in [6.45, 7) is 3.35. The van der Waals surface area contributed by atoms with Crippen LogP contribution in [0.3, 0.4) is 0 Å². The molecule has 0 spiro atoms. The zero-order chi connectivity index (χ0) is 14.2. The molecule has 3 nitrogen and oxygen atoms in total. The maximum Gasteiger partial charge on any atom is 0.248 e. The number of hydrogen-bond donors (Lipinski definition) is 2. The van der Waals surface area contributed by atoms with Gasteiger partial charge in [0.05, 0.1) is 0 Å². The molecule has 1 aromatic rings. The topological polar surface area (TPSA) is 44.9 Å². The van der Waals surface area contributed by atoms with E-state index >= 15 is 0 Å². The number of nitrogens with one attached hydrogen (secondary N) is 2. The molecule has 0 saturated heterocycles. The van der Waals surface area contributed by atoms with Gasteiger partial charge >= 0.3 is 0 Å². The second-order valence-corrected chi connectivity index (χ2v) is 5.92. The first kappa shape index (κ1) is 15.3. The fraction of sp³-hybridized carbons (Fsp3) is 0.706. The fourth-order valence-corrected chi connectivity index (χ4v) is 3.09. The smallest absolute Gasteiger partial charge is 0.248 e. The Kier molecular flexibility index (Phi) is 6.31. The molecule has 1 aliphatic rings. The van der Waals surface area contributed by atoms with E-state index < -0.39 is 0 Å². The van der Waals surface area contributed by atoms with Crippen molar-refractivity contribution in [2.75, 3.05) is 6.54 Å². The minimum Gasteiger partial charge on any atom is -0.326 e. The Morgan fingerprint density at radius 2 is 2.00 bits per heavy atom. The molecule has 112 valence electrons. The van der Waals surface area contributed by atoms with Gasteiger partial charge in [0.2, 0.25) is 5.56 Å². The number of unbranched alkanes of at least 4 members (excludes halogenated alkanes) is 5. The van der Waals surface area contributed by atoms with Crippen LogP contribution in [-0.4, -0.2) is 11.5 Å². The lowest BCUT2D eigenvalue weighted by Crippen LogP contribution is -2.28. The maximum absolute atomic E-state index is 11.4. The normalized spacial score (nSPS) is 17.9. The maximum atomic E-state index is 11.4. The number of fused-ring (bicyclic) bond motifs is 1. The van der Waals surface area contributed by atoms with Crippen LogP contribution in [0.1, 0.15) is 75.6 Å². The van der Waals surface area contributed by atoms with Crippen LogP contribution in [0.25, 0.3) is 0 Å². The Morgan fingerprint density at radius 1 is 1.20 bits per heavy atom. The molecule has 0 radical (unpaired) electrons. The number of pyridine rings is 1. The number of aromatic amines is 1. The van der Waals surface area contributed by atoms with Crippen LogP contribution in [0, 0.1) is 0 Å². The Labute approximate surface area is 122 Å². The second kappa shape index (κ2) is 8.25. The monoisotopic (exact) mass is 276 g/mol. The second-order valence-electron chi connectivity index (χ2n) is 5.92. The van der Waals surface area contributed by atoms with E-state index in [1.54, 1.807) is 6.07 Å². The zero-order valence-corrected chi connectivity index (χ0v) is 12.7. The summed E-state index contributed by atoms with van der Waals surface area (Å²) in [4.78, 5) is 14.3. The van der Waals surface area contributed by atoms with Crippen molar-refractivity contribution in [3.05, 3.63) is 33.7 Å². The van der Waals surface area contributed by atoms with Gasteiger partial charge in [-0.05, 0) is 37.8 Å². The molecule has 0 saturated carbocycles. The number of aryl methyl sites for hydroxylation is 1. The Bertz CT molecular complexity index is 453. The van der Waals surface area contributed by atoms with Gasteiger partial charge in [0, 0.05) is 17.8 Å². The number of hydrogen-bond acceptors (Lipinski definition) is 2. The van der Waals surface area contributed by atoms with Crippen LogP contribution < -0.4 is 10.9 Å². The molecule has 2 N–H and O–H groups in total. The quantitative estimate of drug-likeness (QED) is 0.711. The first-order valence-corrected chi connectivity index (χ1v) is 8.26. The van der Waals surface area contributed by atoms with Gasteiger partial charge in [-0.2, -0.15) is 0 Å². The van der Waals surface area contributed by atoms with Crippen molar-refractivity contribution in [2.24, 2.45) is 0 Å². The lowest BCUT2D eigenvalue weighted by atomic mass is 9.91. The van der Waals surface area contributed by atoms with Gasteiger partial charge in [0.25, 0.3) is 0 Å². The van der Waals surface area contributed by atoms with Crippen molar-refractivity contribution in [3.8, 4) is 0 Å². The largest absolute Gasteiger partial charge is 0.326 e. The van der Waals surface area contributed by atoms with Gasteiger partial charge in [0.1, 0.15) is 0 Å². The van der Waals surface area contributed by atoms with E-state index in [1.165, 1.54) is 56.9 Å². The van der Waals surface area contributed by atoms with E-state index in [1.807, 2.05) is 6.07 Å². The Balaban J connectivity index is 1.73. The third-order valence-corrected chi connectivity index (χ3v) is 4.25. The van der Waals surface area contributed by atoms with E-state index in [2.05, 4.69) is 17.2 Å². The van der Waals surface area contributed by atoms with Crippen LogP contribution in [-0.2, 0) is 6.42 Å². The highest BCUT2D eigenvalue weighted by atomic mass is 16.1. The summed E-state index contributed by atoms with van der Waals surface area (Å²) in [6.07, 6.45) is 11.4. The van der Waals surface area contributed by atoms with Crippen LogP contribution in [0.2, 0.25) is 0 Å². The summed E-state index contributed by atoms with van der Waals surface area (Å²) < 4.78 is 0. The Morgan fingerprint density at radius 3 is 2.85 bits per heavy atom. The van der Waals surface area contributed by atoms with Crippen molar-refractivity contribution in [1.29, 1.82) is 0 Å². The SMILES string of the molecule is CCCCCCCCNC1CCCc2[nH]c(=O)ccc21. The highest BCUT2D eigenvalue weighted by Crippen LogP contribution is 2.27. The molecule has 0 amide bonds. The summed E-state index contributed by atoms with van der Waals surface area (Å²) in [6, 6.07) is 4.10. The van der Waals surface area contributed by atoms with Crippen molar-refractivity contribution in [3.63, 3.8) is 0 Å². The number of rotatable bonds is 8. The Hall–Kier alpha value is -1.09. The predicted octanol–water partition coefficient (Wildman–Crippen LogP) is 3.70. The minimum atomic E-state index is 0.0281. The average Bonchev–Trinajstić information content (AvgIpc) is 2.46. The van der Waals surface area contributed by atoms with Crippen LogP contribution in [0.15, 0.2) is 16.9 Å². The minimum absolute atomic E-state index is 0.0281. The summed E-state index contributed by atoms with van der Waals surface area (Å²) >= 11 is 0. The van der Waals surface area contributed by atoms with Gasteiger partial charge in [-0.3, -0.25) is 4.79 Å². The van der Waals surface area contributed by atoms with E-state index in [0.717, 1.165) is 18.7 Å². The van der Waals surface area contributed by atoms with Gasteiger partial charge in [-0.15, -0.1) is 0 Å². The molecule has 0 bridgehead atoms. The van der Waals surface area contributed by atoms with Gasteiger partial charge in [-0.1, -0.05) is 45.1 Å². The summed E-state index contributed by atoms with van der Waals surface area (Å²) in [5, 5.41) is 3.67. The van der Waals surface area contributed by atoms with Crippen molar-refractivity contribution in [1.82, 2.24) is 10.3 Å². The summed E-state index contributed by atoms with van der Waals surface area (Å²) in [5.41, 5.74) is 2.48. The van der Waals surface area contributed by atoms with Gasteiger partial charge in [-0.25, -0.2) is 0 Å². The molecular formula is C17H28N2O. The fourth-order valence-electron chi connectivity index (χ4n) is 3.09. The molecule has 0 aliphatic heterocycles. The average molecular weight is 276 g/mol. The molecule has 1 aromatic heterocycles. The molecule has 1 atom stereocenters. The zero-order valence-electron chi connectivity index (χ0n) is 12.7. The van der Waals surface area contributed by atoms with Crippen LogP contribution in [0.4, 0.5) is 0 Å². The van der Waals surface area contributed by atoms with Crippen molar-refractivity contribution >= 4 is 0 Å². The molecular weight excluding hydrogens is 248 g/mol. The standard InChI is InChI=1S/C17H28N2O/c1-2-3-4-5-6-7-13-18-15-9-8-10-16-14(15)11-12-17(20)19-16/h11-12,15,18H,2-10,13H2,1H3,(H,19,20). The van der Waals surface area contributed by atoms with Gasteiger partial charge in [0.15, 0.2) is 0 Å². The third kappa shape index (κ3) is 4.48. The van der Waals surface area contributed by atoms with E-state index in [9.17, 15) is 4.79 Å². The number of aromatic nitrogens is 1. The molecule has 2 rings (SSSR count). The lowest BCUT2D eigenvalue weighted by Gasteiger charge is -2.26. The first-order valence-electron chi connectivity index (χ1n) is 8.26. The molecule has 1 unspecified atom stereocenters. The van der Waals surface area contributed by atoms with Crippen LogP contribution >= 0.6 is 0 Å². The molecule has 0 aromatic carbocycles. The van der Waals surface area contributed by atoms with Crippen LogP contribution in [0.5, 0.6) is 0 Å². The summed E-state index contributed by atoms with van der Waals surface area (Å²) in [7, 11) is 0. The molecule has 0 fully saturated rings. The van der Waals surface area contributed by atoms with Gasteiger partial charge < -0.3 is 10.3 Å². The van der Waals surface area contributed by atoms with E-state index in [-0.39, 0.29) is 5.56 Å².